The maximum Gasteiger partial charge on any atom is 0.258 e. The van der Waals surface area contributed by atoms with Crippen LogP contribution in [0.15, 0.2) is 91.1 Å². The number of imidazole rings is 1. The van der Waals surface area contributed by atoms with E-state index in [4.69, 9.17) is 10.7 Å². The standard InChI is InChI=1S/C29H23FN4O2/c30-24-15-18(11-12-23(24)29(36,28(31)35)19-9-5-2-6-10-19)20-13-14-32-27-25(20)33-26(34-27)22-16-21(22)17-7-3-1-4-8-17/h1-15,21-22,36H,16H2,(H2,31,35)(H,32,33,34)/t21-,22+,29?/m0/s1. The first-order valence-corrected chi connectivity index (χ1v) is 11.7. The third-order valence-electron chi connectivity index (χ3n) is 7.00. The molecule has 3 atom stereocenters. The quantitative estimate of drug-likeness (QED) is 0.327. The summed E-state index contributed by atoms with van der Waals surface area (Å²) >= 11 is 0. The Hall–Kier alpha value is -4.36. The third kappa shape index (κ3) is 3.56. The van der Waals surface area contributed by atoms with Crippen LogP contribution >= 0.6 is 0 Å². The first-order valence-electron chi connectivity index (χ1n) is 11.7. The number of primary amides is 1. The molecule has 0 spiro atoms. The number of nitrogens with two attached hydrogens (primary N) is 1. The van der Waals surface area contributed by atoms with Gasteiger partial charge in [-0.15, -0.1) is 0 Å². The SMILES string of the molecule is NC(=O)C(O)(c1ccccc1)c1ccc(-c2ccnc3nc([C@@H]4C[C@H]4c4ccccc4)[nH]c23)cc1F. The predicted octanol–water partition coefficient (Wildman–Crippen LogP) is 4.76. The summed E-state index contributed by atoms with van der Waals surface area (Å²) in [6.07, 6.45) is 2.65. The molecule has 7 heteroatoms. The van der Waals surface area contributed by atoms with Gasteiger partial charge in [-0.1, -0.05) is 72.8 Å². The van der Waals surface area contributed by atoms with Crippen LogP contribution in [0, 0.1) is 5.82 Å². The van der Waals surface area contributed by atoms with Gasteiger partial charge in [0.2, 0.25) is 0 Å². The summed E-state index contributed by atoms with van der Waals surface area (Å²) < 4.78 is 15.5. The molecule has 5 aromatic rings. The lowest BCUT2D eigenvalue weighted by molar-refractivity contribution is -0.133. The lowest BCUT2D eigenvalue weighted by Crippen LogP contribution is -2.42. The fraction of sp³-hybridized carbons (Fsp3) is 0.138. The van der Waals surface area contributed by atoms with E-state index in [2.05, 4.69) is 22.1 Å². The number of aromatic nitrogens is 3. The van der Waals surface area contributed by atoms with Gasteiger partial charge >= 0.3 is 0 Å². The van der Waals surface area contributed by atoms with Crippen LogP contribution in [0.5, 0.6) is 0 Å². The Kier molecular flexibility index (Phi) is 5.16. The number of amides is 1. The fourth-order valence-corrected chi connectivity index (χ4v) is 5.00. The topological polar surface area (TPSA) is 105 Å². The molecule has 36 heavy (non-hydrogen) atoms. The number of fused-ring (bicyclic) bond motifs is 1. The number of H-pyrrole nitrogens is 1. The molecule has 0 aliphatic heterocycles. The summed E-state index contributed by atoms with van der Waals surface area (Å²) in [4.78, 5) is 24.8. The van der Waals surface area contributed by atoms with Crippen LogP contribution in [0.1, 0.15) is 40.8 Å². The number of carbonyl (C=O) groups excluding carboxylic acids is 1. The third-order valence-corrected chi connectivity index (χ3v) is 7.00. The van der Waals surface area contributed by atoms with E-state index in [9.17, 15) is 9.90 Å². The van der Waals surface area contributed by atoms with Crippen LogP contribution in [0.4, 0.5) is 4.39 Å². The highest BCUT2D eigenvalue weighted by molar-refractivity contribution is 5.91. The van der Waals surface area contributed by atoms with Crippen LogP contribution in [-0.2, 0) is 10.4 Å². The Morgan fingerprint density at radius 2 is 1.72 bits per heavy atom. The van der Waals surface area contributed by atoms with Crippen LogP contribution in [-0.4, -0.2) is 26.0 Å². The number of hydrogen-bond acceptors (Lipinski definition) is 4. The predicted molar refractivity (Wildman–Crippen MR) is 134 cm³/mol. The van der Waals surface area contributed by atoms with Crippen molar-refractivity contribution in [2.24, 2.45) is 5.73 Å². The minimum Gasteiger partial charge on any atom is -0.372 e. The minimum absolute atomic E-state index is 0.200. The maximum atomic E-state index is 15.5. The van der Waals surface area contributed by atoms with Gasteiger partial charge in [0.15, 0.2) is 11.2 Å². The lowest BCUT2D eigenvalue weighted by atomic mass is 9.84. The molecule has 2 aromatic heterocycles. The van der Waals surface area contributed by atoms with E-state index in [1.807, 2.05) is 18.2 Å². The molecule has 6 nitrogen and oxygen atoms in total. The van der Waals surface area contributed by atoms with Gasteiger partial charge in [0.05, 0.1) is 5.52 Å². The summed E-state index contributed by atoms with van der Waals surface area (Å²) in [6, 6.07) is 24.6. The molecule has 1 aliphatic rings. The molecule has 1 aliphatic carbocycles. The summed E-state index contributed by atoms with van der Waals surface area (Å²) in [5, 5.41) is 11.2. The molecule has 4 N–H and O–H groups in total. The van der Waals surface area contributed by atoms with Gasteiger partial charge in [-0.3, -0.25) is 4.79 Å². The Balaban J connectivity index is 1.37. The molecule has 0 bridgehead atoms. The van der Waals surface area contributed by atoms with Crippen molar-refractivity contribution in [3.05, 3.63) is 119 Å². The highest BCUT2D eigenvalue weighted by Gasteiger charge is 2.42. The normalized spacial score (nSPS) is 18.6. The number of aliphatic hydroxyl groups is 1. The number of aromatic amines is 1. The number of carbonyl (C=O) groups is 1. The van der Waals surface area contributed by atoms with Crippen molar-refractivity contribution >= 4 is 17.1 Å². The van der Waals surface area contributed by atoms with Crippen molar-refractivity contribution in [1.82, 2.24) is 15.0 Å². The van der Waals surface area contributed by atoms with E-state index in [1.165, 1.54) is 29.8 Å². The van der Waals surface area contributed by atoms with Crippen LogP contribution in [0.3, 0.4) is 0 Å². The van der Waals surface area contributed by atoms with Crippen molar-refractivity contribution in [2.75, 3.05) is 0 Å². The molecule has 1 amide bonds. The van der Waals surface area contributed by atoms with Gasteiger partial charge < -0.3 is 15.8 Å². The Morgan fingerprint density at radius 3 is 2.42 bits per heavy atom. The number of halogens is 1. The van der Waals surface area contributed by atoms with Crippen molar-refractivity contribution in [3.8, 4) is 11.1 Å². The molecule has 3 aromatic carbocycles. The number of nitrogens with one attached hydrogen (secondary N) is 1. The zero-order valence-electron chi connectivity index (χ0n) is 19.2. The number of hydrogen-bond donors (Lipinski definition) is 3. The second-order valence-electron chi connectivity index (χ2n) is 9.17. The maximum absolute atomic E-state index is 15.5. The Bertz CT molecular complexity index is 1590. The minimum atomic E-state index is -2.29. The number of pyridine rings is 1. The van der Waals surface area contributed by atoms with Gasteiger partial charge in [-0.2, -0.15) is 0 Å². The first kappa shape index (κ1) is 22.1. The van der Waals surface area contributed by atoms with Crippen LogP contribution < -0.4 is 5.73 Å². The second-order valence-corrected chi connectivity index (χ2v) is 9.17. The van der Waals surface area contributed by atoms with E-state index < -0.39 is 17.3 Å². The average Bonchev–Trinajstić information content (AvgIpc) is 3.59. The van der Waals surface area contributed by atoms with Gasteiger partial charge in [-0.25, -0.2) is 14.4 Å². The largest absolute Gasteiger partial charge is 0.372 e. The number of rotatable bonds is 6. The molecule has 178 valence electrons. The fourth-order valence-electron chi connectivity index (χ4n) is 5.00. The summed E-state index contributed by atoms with van der Waals surface area (Å²) in [5.74, 6) is -0.236. The van der Waals surface area contributed by atoms with Crippen molar-refractivity contribution in [1.29, 1.82) is 0 Å². The Labute approximate surface area is 206 Å². The number of nitrogens with zero attached hydrogens (tertiary/aromatic N) is 2. The van der Waals surface area contributed by atoms with Crippen LogP contribution in [0.2, 0.25) is 0 Å². The van der Waals surface area contributed by atoms with Gasteiger partial charge in [0.25, 0.3) is 5.91 Å². The number of benzene rings is 3. The van der Waals surface area contributed by atoms with E-state index in [0.717, 1.165) is 17.8 Å². The van der Waals surface area contributed by atoms with E-state index in [-0.39, 0.29) is 17.0 Å². The summed E-state index contributed by atoms with van der Waals surface area (Å²) in [7, 11) is 0. The first-order chi connectivity index (χ1) is 17.5. The monoisotopic (exact) mass is 478 g/mol. The molecular weight excluding hydrogens is 455 g/mol. The van der Waals surface area contributed by atoms with Crippen molar-refractivity contribution < 1.29 is 14.3 Å². The van der Waals surface area contributed by atoms with Gasteiger partial charge in [-0.05, 0) is 41.2 Å². The van der Waals surface area contributed by atoms with Gasteiger partial charge in [0.1, 0.15) is 11.6 Å². The van der Waals surface area contributed by atoms with E-state index in [0.29, 0.717) is 22.6 Å². The average molecular weight is 479 g/mol. The Morgan fingerprint density at radius 1 is 1.00 bits per heavy atom. The summed E-state index contributed by atoms with van der Waals surface area (Å²) in [6.45, 7) is 0. The van der Waals surface area contributed by atoms with Crippen molar-refractivity contribution in [2.45, 2.75) is 23.9 Å². The van der Waals surface area contributed by atoms with E-state index in [1.54, 1.807) is 36.5 Å². The molecule has 1 unspecified atom stereocenters. The zero-order valence-corrected chi connectivity index (χ0v) is 19.2. The zero-order chi connectivity index (χ0) is 24.9. The lowest BCUT2D eigenvalue weighted by Gasteiger charge is -2.26. The van der Waals surface area contributed by atoms with Gasteiger partial charge in [0, 0.05) is 23.2 Å². The summed E-state index contributed by atoms with van der Waals surface area (Å²) in [5.41, 5.74) is 7.09. The molecule has 1 fully saturated rings. The molecular formula is C29H23FN4O2. The second kappa shape index (κ2) is 8.39. The molecule has 2 heterocycles. The highest BCUT2D eigenvalue weighted by atomic mass is 19.1. The molecule has 1 saturated carbocycles. The molecule has 0 radical (unpaired) electrons. The van der Waals surface area contributed by atoms with Crippen LogP contribution in [0.25, 0.3) is 22.3 Å². The van der Waals surface area contributed by atoms with Crippen molar-refractivity contribution in [3.63, 3.8) is 0 Å². The van der Waals surface area contributed by atoms with E-state index >= 15 is 4.39 Å². The smallest absolute Gasteiger partial charge is 0.258 e. The molecule has 6 rings (SSSR count). The highest BCUT2D eigenvalue weighted by Crippen LogP contribution is 2.54. The molecule has 0 saturated heterocycles.